The van der Waals surface area contributed by atoms with E-state index in [0.717, 1.165) is 38.6 Å². The number of ketones is 1. The summed E-state index contributed by atoms with van der Waals surface area (Å²) in [5.41, 5.74) is 8.41. The molecule has 1 aliphatic carbocycles. The van der Waals surface area contributed by atoms with E-state index in [4.69, 9.17) is 14.5 Å². The summed E-state index contributed by atoms with van der Waals surface area (Å²) in [4.78, 5) is 14.9. The van der Waals surface area contributed by atoms with Gasteiger partial charge in [-0.2, -0.15) is 0 Å². The molecule has 47 heavy (non-hydrogen) atoms. The molecule has 5 heteroatoms. The molecule has 0 atom stereocenters. The molecule has 4 nitrogen and oxygen atoms in total. The number of aliphatic hydroxyl groups excluding tert-OH is 1. The maximum absolute atomic E-state index is 10.0. The molecule has 1 radical (unpaired) electrons. The molecule has 0 spiro atoms. The number of fused-ring (bicyclic) bond motifs is 7. The summed E-state index contributed by atoms with van der Waals surface area (Å²) < 4.78 is 6.69. The van der Waals surface area contributed by atoms with Crippen LogP contribution < -0.4 is 0 Å². The molecule has 1 aliphatic rings. The largest absolute Gasteiger partial charge is 0.512 e. The molecular formula is C42H44IrNO3-. The molecule has 6 aromatic rings. The fourth-order valence-corrected chi connectivity index (χ4v) is 7.04. The molecule has 1 N–H and O–H groups in total. The van der Waals surface area contributed by atoms with Gasteiger partial charge in [0.05, 0.1) is 5.76 Å². The number of aliphatic hydroxyl groups is 1. The van der Waals surface area contributed by atoms with E-state index in [9.17, 15) is 4.79 Å². The molecule has 7 rings (SSSR count). The zero-order valence-electron chi connectivity index (χ0n) is 28.9. The number of aromatic nitrogens is 1. The van der Waals surface area contributed by atoms with E-state index < -0.39 is 0 Å². The Hall–Kier alpha value is -3.79. The Balaban J connectivity index is 0.000000491. The summed E-state index contributed by atoms with van der Waals surface area (Å²) in [5.74, 6) is -0.0625. The number of benzene rings is 4. The molecule has 0 unspecified atom stereocenters. The van der Waals surface area contributed by atoms with Crippen LogP contribution in [0, 0.1) is 6.07 Å². The summed E-state index contributed by atoms with van der Waals surface area (Å²) in [6.07, 6.45) is 5.47. The van der Waals surface area contributed by atoms with Crippen LogP contribution in [0.3, 0.4) is 0 Å². The standard InChI is InChI=1S/C37H36NO.C5H8O2.Ir/c1-35(2,3)29-19-23(18-22-10-8-9-11-24(22)29)33-25-12-13-26-28-20-30-31(37(6,7)16-15-36(30,4)5)21-32(28)39-34(26)27(25)14-17-38-33;1-4(6)3-5(2)7;/h8-14,17,19-21H,15-16H2,1-7H3;3,6H,1-2H3;/q-1;;/b;4-3-;. The Bertz CT molecular complexity index is 2190. The van der Waals surface area contributed by atoms with Crippen LogP contribution in [0.1, 0.15) is 91.8 Å². The number of pyridine rings is 1. The molecule has 0 saturated carbocycles. The Morgan fingerprint density at radius 2 is 1.47 bits per heavy atom. The van der Waals surface area contributed by atoms with E-state index in [1.54, 1.807) is 0 Å². The maximum atomic E-state index is 10.0. The summed E-state index contributed by atoms with van der Waals surface area (Å²) in [5, 5.41) is 15.3. The minimum atomic E-state index is -0.125. The van der Waals surface area contributed by atoms with Gasteiger partial charge in [0, 0.05) is 54.2 Å². The number of hydrogen-bond acceptors (Lipinski definition) is 4. The van der Waals surface area contributed by atoms with Crippen molar-refractivity contribution in [3.63, 3.8) is 0 Å². The van der Waals surface area contributed by atoms with Gasteiger partial charge in [0.25, 0.3) is 0 Å². The van der Waals surface area contributed by atoms with Crippen molar-refractivity contribution in [1.82, 2.24) is 4.98 Å². The third-order valence-electron chi connectivity index (χ3n) is 9.60. The third-order valence-corrected chi connectivity index (χ3v) is 9.60. The van der Waals surface area contributed by atoms with E-state index in [1.807, 2.05) is 6.20 Å². The van der Waals surface area contributed by atoms with Crippen molar-refractivity contribution < 1.29 is 34.4 Å². The van der Waals surface area contributed by atoms with E-state index >= 15 is 0 Å². The predicted molar refractivity (Wildman–Crippen MR) is 192 cm³/mol. The number of nitrogens with zero attached hydrogens (tertiary/aromatic N) is 1. The van der Waals surface area contributed by atoms with Gasteiger partial charge in [0.2, 0.25) is 0 Å². The van der Waals surface area contributed by atoms with Crippen molar-refractivity contribution in [1.29, 1.82) is 0 Å². The van der Waals surface area contributed by atoms with E-state index in [1.165, 1.54) is 65.6 Å². The van der Waals surface area contributed by atoms with Crippen LogP contribution in [-0.2, 0) is 41.1 Å². The summed E-state index contributed by atoms with van der Waals surface area (Å²) in [6, 6.07) is 25.8. The molecule has 245 valence electrons. The van der Waals surface area contributed by atoms with E-state index in [0.29, 0.717) is 0 Å². The van der Waals surface area contributed by atoms with Crippen molar-refractivity contribution >= 4 is 49.3 Å². The number of allylic oxidation sites excluding steroid dienone is 2. The number of carbonyl (C=O) groups excluding carboxylic acids is 1. The van der Waals surface area contributed by atoms with E-state index in [-0.39, 0.29) is 47.9 Å². The summed E-state index contributed by atoms with van der Waals surface area (Å²) in [6.45, 7) is 19.2. The average molecular weight is 803 g/mol. The zero-order chi connectivity index (χ0) is 33.2. The molecule has 0 aliphatic heterocycles. The third kappa shape index (κ3) is 6.41. The number of furan rings is 1. The minimum Gasteiger partial charge on any atom is -0.512 e. The van der Waals surface area contributed by atoms with Crippen molar-refractivity contribution in [2.45, 2.75) is 91.4 Å². The van der Waals surface area contributed by atoms with Crippen LogP contribution in [-0.4, -0.2) is 15.9 Å². The molecular weight excluding hydrogens is 759 g/mol. The number of hydrogen-bond donors (Lipinski definition) is 1. The molecule has 0 saturated heterocycles. The molecule has 0 bridgehead atoms. The fraction of sp³-hybridized carbons (Fsp3) is 0.333. The van der Waals surface area contributed by atoms with Gasteiger partial charge in [-0.05, 0) is 77.6 Å². The second-order valence-electron chi connectivity index (χ2n) is 15.2. The Morgan fingerprint density at radius 1 is 0.851 bits per heavy atom. The zero-order valence-corrected chi connectivity index (χ0v) is 31.3. The van der Waals surface area contributed by atoms with Gasteiger partial charge in [-0.1, -0.05) is 89.7 Å². The summed E-state index contributed by atoms with van der Waals surface area (Å²) in [7, 11) is 0. The fourth-order valence-electron chi connectivity index (χ4n) is 7.04. The number of carbonyl (C=O) groups is 1. The smallest absolute Gasteiger partial charge is 0.155 e. The van der Waals surface area contributed by atoms with Gasteiger partial charge < -0.3 is 9.52 Å². The quantitative estimate of drug-likeness (QED) is 0.108. The van der Waals surface area contributed by atoms with Crippen molar-refractivity contribution in [3.05, 3.63) is 101 Å². The molecule has 2 heterocycles. The van der Waals surface area contributed by atoms with Crippen LogP contribution >= 0.6 is 0 Å². The van der Waals surface area contributed by atoms with Gasteiger partial charge in [-0.15, -0.1) is 29.1 Å². The first-order valence-corrected chi connectivity index (χ1v) is 16.2. The molecule has 0 fully saturated rings. The minimum absolute atomic E-state index is 0. The van der Waals surface area contributed by atoms with Crippen molar-refractivity contribution in [3.8, 4) is 11.3 Å². The van der Waals surface area contributed by atoms with Gasteiger partial charge in [0.15, 0.2) is 5.78 Å². The summed E-state index contributed by atoms with van der Waals surface area (Å²) >= 11 is 0. The van der Waals surface area contributed by atoms with Crippen LogP contribution in [0.4, 0.5) is 0 Å². The van der Waals surface area contributed by atoms with Gasteiger partial charge in [0.1, 0.15) is 11.2 Å². The second kappa shape index (κ2) is 12.3. The van der Waals surface area contributed by atoms with Crippen LogP contribution in [0.25, 0.3) is 54.7 Å². The first kappa shape index (κ1) is 34.5. The SMILES string of the molecule is CC(=O)/C=C(/C)O.CC(C)(C)c1cc(-c2nccc3c2ccc2c4cc5c(cc4oc32)C(C)(C)CCC5(C)C)[c-]c2ccccc12.[Ir]. The van der Waals surface area contributed by atoms with Gasteiger partial charge >= 0.3 is 0 Å². The van der Waals surface area contributed by atoms with Gasteiger partial charge in [-0.25, -0.2) is 0 Å². The maximum Gasteiger partial charge on any atom is 0.155 e. The Kier molecular flexibility index (Phi) is 9.07. The number of rotatable bonds is 2. The topological polar surface area (TPSA) is 63.3 Å². The predicted octanol–water partition coefficient (Wildman–Crippen LogP) is 11.4. The van der Waals surface area contributed by atoms with Crippen LogP contribution in [0.5, 0.6) is 0 Å². The second-order valence-corrected chi connectivity index (χ2v) is 15.2. The van der Waals surface area contributed by atoms with Crippen molar-refractivity contribution in [2.75, 3.05) is 0 Å². The Morgan fingerprint density at radius 3 is 2.09 bits per heavy atom. The first-order chi connectivity index (χ1) is 21.6. The van der Waals surface area contributed by atoms with Gasteiger partial charge in [-0.3, -0.25) is 9.78 Å². The molecule has 2 aromatic heterocycles. The monoisotopic (exact) mass is 803 g/mol. The van der Waals surface area contributed by atoms with Crippen LogP contribution in [0.15, 0.2) is 83.1 Å². The van der Waals surface area contributed by atoms with Crippen LogP contribution in [0.2, 0.25) is 0 Å². The molecule has 0 amide bonds. The first-order valence-electron chi connectivity index (χ1n) is 16.2. The Labute approximate surface area is 291 Å². The molecule has 4 aromatic carbocycles. The van der Waals surface area contributed by atoms with E-state index in [2.05, 4.69) is 115 Å². The normalized spacial score (nSPS) is 15.6. The average Bonchev–Trinajstić information content (AvgIpc) is 3.35. The van der Waals surface area contributed by atoms with Crippen molar-refractivity contribution in [2.24, 2.45) is 0 Å².